The Kier molecular flexibility index (Phi) is 5.34. The third kappa shape index (κ3) is 4.07. The standard InChI is InChI=1S/C15H16N4O3S/c1-9(2)6-11-5-4-10(7-16)14(17-11)23-8-12(20)13-15(21)22-18-19(13)3/h4-5,9H,6,8H2,1-3H3. The van der Waals surface area contributed by atoms with Gasteiger partial charge in [0, 0.05) is 5.69 Å². The van der Waals surface area contributed by atoms with E-state index < -0.39 is 11.7 Å². The van der Waals surface area contributed by atoms with Gasteiger partial charge in [-0.05, 0) is 24.5 Å². The van der Waals surface area contributed by atoms with E-state index in [0.717, 1.165) is 28.6 Å². The van der Waals surface area contributed by atoms with E-state index in [1.165, 1.54) is 7.05 Å². The molecule has 0 aromatic carbocycles. The van der Waals surface area contributed by atoms with Gasteiger partial charge in [-0.1, -0.05) is 30.3 Å². The first kappa shape index (κ1) is 17.0. The van der Waals surface area contributed by atoms with Crippen LogP contribution >= 0.6 is 11.8 Å². The molecule has 0 unspecified atom stereocenters. The maximum absolute atomic E-state index is 12.1. The minimum absolute atomic E-state index is 0.0168. The van der Waals surface area contributed by atoms with Crippen LogP contribution in [-0.2, 0) is 13.5 Å². The normalized spacial score (nSPS) is 10.7. The van der Waals surface area contributed by atoms with Gasteiger partial charge in [0.25, 0.3) is 5.69 Å². The Morgan fingerprint density at radius 3 is 2.83 bits per heavy atom. The summed E-state index contributed by atoms with van der Waals surface area (Å²) < 4.78 is 5.55. The fourth-order valence-corrected chi connectivity index (χ4v) is 2.87. The lowest BCUT2D eigenvalue weighted by Crippen LogP contribution is -2.37. The molecule has 0 radical (unpaired) electrons. The fourth-order valence-electron chi connectivity index (χ4n) is 2.02. The van der Waals surface area contributed by atoms with Gasteiger partial charge in [0.1, 0.15) is 11.1 Å². The van der Waals surface area contributed by atoms with Crippen molar-refractivity contribution in [1.82, 2.24) is 10.3 Å². The van der Waals surface area contributed by atoms with E-state index in [2.05, 4.69) is 34.7 Å². The van der Waals surface area contributed by atoms with Crippen LogP contribution in [0.1, 0.15) is 35.6 Å². The minimum Gasteiger partial charge on any atom is -0.539 e. The second kappa shape index (κ2) is 7.24. The van der Waals surface area contributed by atoms with Crippen molar-refractivity contribution in [3.05, 3.63) is 29.1 Å². The zero-order chi connectivity index (χ0) is 17.0. The molecular weight excluding hydrogens is 316 g/mol. The summed E-state index contributed by atoms with van der Waals surface area (Å²) in [6, 6.07) is 5.59. The molecule has 0 fully saturated rings. The molecule has 0 aliphatic rings. The van der Waals surface area contributed by atoms with E-state index in [0.29, 0.717) is 16.5 Å². The van der Waals surface area contributed by atoms with E-state index in [1.54, 1.807) is 6.07 Å². The molecule has 120 valence electrons. The van der Waals surface area contributed by atoms with Crippen LogP contribution in [0.25, 0.3) is 0 Å². The van der Waals surface area contributed by atoms with Gasteiger partial charge >= 0.3 is 0 Å². The molecule has 0 aliphatic heterocycles. The van der Waals surface area contributed by atoms with Crippen molar-refractivity contribution >= 4 is 17.5 Å². The lowest BCUT2D eigenvalue weighted by Gasteiger charge is -2.07. The number of carbonyl (C=O) groups is 1. The molecule has 2 aromatic heterocycles. The molecule has 2 aromatic rings. The smallest absolute Gasteiger partial charge is 0.300 e. The van der Waals surface area contributed by atoms with Crippen LogP contribution in [0.15, 0.2) is 21.7 Å². The summed E-state index contributed by atoms with van der Waals surface area (Å²) in [5.74, 6) is -0.755. The summed E-state index contributed by atoms with van der Waals surface area (Å²) in [7, 11) is 1.46. The Morgan fingerprint density at radius 1 is 1.52 bits per heavy atom. The molecule has 0 spiro atoms. The van der Waals surface area contributed by atoms with Gasteiger partial charge in [-0.25, -0.2) is 4.98 Å². The average Bonchev–Trinajstić information content (AvgIpc) is 2.83. The monoisotopic (exact) mass is 332 g/mol. The number of aromatic nitrogens is 3. The van der Waals surface area contributed by atoms with E-state index in [1.807, 2.05) is 6.07 Å². The summed E-state index contributed by atoms with van der Waals surface area (Å²) in [6.45, 7) is 4.16. The first-order valence-electron chi connectivity index (χ1n) is 7.01. The van der Waals surface area contributed by atoms with Crippen LogP contribution in [0.5, 0.6) is 5.95 Å². The van der Waals surface area contributed by atoms with Crippen molar-refractivity contribution in [2.75, 3.05) is 5.75 Å². The molecular formula is C15H16N4O3S. The zero-order valence-electron chi connectivity index (χ0n) is 13.1. The summed E-state index contributed by atoms with van der Waals surface area (Å²) in [5.41, 5.74) is 1.16. The molecule has 7 nitrogen and oxygen atoms in total. The van der Waals surface area contributed by atoms with Crippen molar-refractivity contribution in [3.63, 3.8) is 0 Å². The number of rotatable bonds is 6. The van der Waals surface area contributed by atoms with Crippen LogP contribution in [0.3, 0.4) is 0 Å². The van der Waals surface area contributed by atoms with Crippen LogP contribution < -0.4 is 9.79 Å². The highest BCUT2D eigenvalue weighted by Gasteiger charge is 2.23. The molecule has 0 atom stereocenters. The lowest BCUT2D eigenvalue weighted by atomic mass is 10.1. The molecule has 0 saturated heterocycles. The summed E-state index contributed by atoms with van der Waals surface area (Å²) in [4.78, 5) is 16.6. The van der Waals surface area contributed by atoms with Crippen LogP contribution in [0.4, 0.5) is 0 Å². The maximum Gasteiger partial charge on any atom is 0.300 e. The SMILES string of the molecule is CC(C)Cc1ccc(C#N)c(SCC(=O)c2c([O-])on[n+]2C)n1. The highest BCUT2D eigenvalue weighted by atomic mass is 32.2. The molecule has 23 heavy (non-hydrogen) atoms. The van der Waals surface area contributed by atoms with Gasteiger partial charge in [-0.15, -0.1) is 0 Å². The topological polar surface area (TPSA) is 107 Å². The quantitative estimate of drug-likeness (QED) is 0.441. The zero-order valence-corrected chi connectivity index (χ0v) is 13.9. The molecule has 2 rings (SSSR count). The molecule has 8 heteroatoms. The number of nitrogens with zero attached hydrogens (tertiary/aromatic N) is 4. The van der Waals surface area contributed by atoms with Gasteiger partial charge in [-0.2, -0.15) is 5.26 Å². The number of aryl methyl sites for hydroxylation is 1. The number of Topliss-reactive ketones (excluding diaryl/α,β-unsaturated/α-hetero) is 1. The van der Waals surface area contributed by atoms with Crippen molar-refractivity contribution < 1.29 is 19.1 Å². The molecule has 0 N–H and O–H groups in total. The van der Waals surface area contributed by atoms with Crippen LogP contribution in [0, 0.1) is 17.2 Å². The Bertz CT molecular complexity index is 745. The Hall–Kier alpha value is -2.40. The molecule has 0 amide bonds. The second-order valence-corrected chi connectivity index (χ2v) is 6.37. The van der Waals surface area contributed by atoms with Crippen molar-refractivity contribution in [1.29, 1.82) is 5.26 Å². The maximum atomic E-state index is 12.1. The number of thioether (sulfide) groups is 1. The summed E-state index contributed by atoms with van der Waals surface area (Å²) >= 11 is 1.13. The van der Waals surface area contributed by atoms with E-state index in [9.17, 15) is 9.90 Å². The predicted molar refractivity (Wildman–Crippen MR) is 79.7 cm³/mol. The first-order chi connectivity index (χ1) is 10.9. The number of carbonyl (C=O) groups excluding carboxylic acids is 1. The first-order valence-corrected chi connectivity index (χ1v) is 8.00. The van der Waals surface area contributed by atoms with Gasteiger partial charge in [0.2, 0.25) is 5.78 Å². The molecule has 2 heterocycles. The predicted octanol–water partition coefficient (Wildman–Crippen LogP) is 1.01. The van der Waals surface area contributed by atoms with E-state index >= 15 is 0 Å². The van der Waals surface area contributed by atoms with Gasteiger partial charge in [-0.3, -0.25) is 4.79 Å². The largest absolute Gasteiger partial charge is 0.539 e. The van der Waals surface area contributed by atoms with Crippen molar-refractivity contribution in [2.45, 2.75) is 25.3 Å². The summed E-state index contributed by atoms with van der Waals surface area (Å²) in [6.07, 6.45) is 0.790. The number of hydrogen-bond donors (Lipinski definition) is 0. The number of hydrogen-bond acceptors (Lipinski definition) is 7. The van der Waals surface area contributed by atoms with Gasteiger partial charge < -0.3 is 9.63 Å². The van der Waals surface area contributed by atoms with Crippen molar-refractivity contribution in [2.24, 2.45) is 13.0 Å². The van der Waals surface area contributed by atoms with Crippen LogP contribution in [0.2, 0.25) is 0 Å². The van der Waals surface area contributed by atoms with E-state index in [4.69, 9.17) is 5.26 Å². The highest BCUT2D eigenvalue weighted by Crippen LogP contribution is 2.23. The second-order valence-electron chi connectivity index (χ2n) is 5.41. The summed E-state index contributed by atoms with van der Waals surface area (Å²) in [5, 5.41) is 24.5. The van der Waals surface area contributed by atoms with E-state index in [-0.39, 0.29) is 11.4 Å². The molecule has 0 aliphatic carbocycles. The fraction of sp³-hybridized carbons (Fsp3) is 0.400. The van der Waals surface area contributed by atoms with Gasteiger partial charge in [0.05, 0.1) is 16.6 Å². The van der Waals surface area contributed by atoms with Crippen molar-refractivity contribution in [3.8, 4) is 12.0 Å². The Morgan fingerprint density at radius 2 is 2.26 bits per heavy atom. The molecule has 0 bridgehead atoms. The number of nitriles is 1. The Balaban J connectivity index is 2.16. The van der Waals surface area contributed by atoms with Crippen LogP contribution in [-0.4, -0.2) is 21.8 Å². The Labute approximate surface area is 137 Å². The number of pyridine rings is 1. The average molecular weight is 332 g/mol. The third-order valence-electron chi connectivity index (χ3n) is 3.02. The number of ketones is 1. The minimum atomic E-state index is -0.764. The third-order valence-corrected chi connectivity index (χ3v) is 4.01. The highest BCUT2D eigenvalue weighted by molar-refractivity contribution is 8.00. The van der Waals surface area contributed by atoms with Gasteiger partial charge in [0.15, 0.2) is 13.0 Å². The lowest BCUT2D eigenvalue weighted by molar-refractivity contribution is -0.741. The molecule has 0 saturated carbocycles.